The highest BCUT2D eigenvalue weighted by atomic mass is 16.5. The van der Waals surface area contributed by atoms with Crippen molar-refractivity contribution >= 4 is 11.0 Å². The van der Waals surface area contributed by atoms with Gasteiger partial charge in [-0.25, -0.2) is 0 Å². The molecule has 0 saturated carbocycles. The van der Waals surface area contributed by atoms with E-state index < -0.39 is 0 Å². The topological polar surface area (TPSA) is 48.4 Å². The predicted octanol–water partition coefficient (Wildman–Crippen LogP) is 3.64. The molecule has 3 heteroatoms. The molecule has 98 valence electrons. The Balaban J connectivity index is 2.22. The van der Waals surface area contributed by atoms with E-state index in [4.69, 9.17) is 14.9 Å². The van der Waals surface area contributed by atoms with Gasteiger partial charge in [-0.05, 0) is 25.5 Å². The van der Waals surface area contributed by atoms with E-state index in [0.717, 1.165) is 29.6 Å². The molecule has 1 aromatic heterocycles. The fourth-order valence-corrected chi connectivity index (χ4v) is 2.22. The van der Waals surface area contributed by atoms with Crippen LogP contribution in [0.25, 0.3) is 11.0 Å². The summed E-state index contributed by atoms with van der Waals surface area (Å²) in [6, 6.07) is 9.78. The molecule has 2 aromatic rings. The Hall–Kier alpha value is -1.32. The first-order chi connectivity index (χ1) is 8.76. The van der Waals surface area contributed by atoms with E-state index >= 15 is 0 Å². The Morgan fingerprint density at radius 3 is 2.72 bits per heavy atom. The Labute approximate surface area is 108 Å². The number of hydrogen-bond donors (Lipinski definition) is 1. The molecule has 3 nitrogen and oxygen atoms in total. The molecular weight excluding hydrogens is 226 g/mol. The minimum atomic E-state index is -0.197. The maximum absolute atomic E-state index is 6.26. The second-order valence-corrected chi connectivity index (χ2v) is 4.49. The van der Waals surface area contributed by atoms with Crippen LogP contribution in [-0.2, 0) is 4.74 Å². The van der Waals surface area contributed by atoms with Gasteiger partial charge in [0.25, 0.3) is 0 Å². The van der Waals surface area contributed by atoms with Gasteiger partial charge < -0.3 is 14.9 Å². The number of fused-ring (bicyclic) bond motifs is 1. The van der Waals surface area contributed by atoms with Crippen molar-refractivity contribution in [3.63, 3.8) is 0 Å². The Bertz CT molecular complexity index is 453. The molecule has 0 bridgehead atoms. The van der Waals surface area contributed by atoms with Gasteiger partial charge in [-0.3, -0.25) is 0 Å². The van der Waals surface area contributed by atoms with Gasteiger partial charge in [0.2, 0.25) is 0 Å². The second-order valence-electron chi connectivity index (χ2n) is 4.49. The molecule has 0 aliphatic rings. The first-order valence-corrected chi connectivity index (χ1v) is 6.62. The standard InChI is InChI=1S/C15H21NO2/c1-3-7-13(17-4-2)15(16)14-10-11-8-5-6-9-12(11)18-14/h5-6,8-10,13,15H,3-4,7,16H2,1-2H3. The number of rotatable bonds is 6. The summed E-state index contributed by atoms with van der Waals surface area (Å²) >= 11 is 0. The van der Waals surface area contributed by atoms with Gasteiger partial charge >= 0.3 is 0 Å². The Kier molecular flexibility index (Phi) is 4.39. The van der Waals surface area contributed by atoms with Crippen molar-refractivity contribution < 1.29 is 9.15 Å². The largest absolute Gasteiger partial charge is 0.459 e. The number of benzene rings is 1. The smallest absolute Gasteiger partial charge is 0.134 e. The summed E-state index contributed by atoms with van der Waals surface area (Å²) in [5, 5.41) is 1.09. The molecule has 2 N–H and O–H groups in total. The molecule has 2 unspecified atom stereocenters. The van der Waals surface area contributed by atoms with E-state index in [1.54, 1.807) is 0 Å². The fraction of sp³-hybridized carbons (Fsp3) is 0.467. The van der Waals surface area contributed by atoms with Crippen molar-refractivity contribution in [3.8, 4) is 0 Å². The van der Waals surface area contributed by atoms with Crippen LogP contribution in [0.4, 0.5) is 0 Å². The van der Waals surface area contributed by atoms with Crippen LogP contribution in [0.2, 0.25) is 0 Å². The molecule has 0 fully saturated rings. The number of para-hydroxylation sites is 1. The van der Waals surface area contributed by atoms with Gasteiger partial charge in [-0.15, -0.1) is 0 Å². The van der Waals surface area contributed by atoms with Crippen LogP contribution in [0.1, 0.15) is 38.5 Å². The quantitative estimate of drug-likeness (QED) is 0.847. The molecule has 0 aliphatic carbocycles. The van der Waals surface area contributed by atoms with Gasteiger partial charge in [0.15, 0.2) is 0 Å². The number of hydrogen-bond acceptors (Lipinski definition) is 3. The summed E-state index contributed by atoms with van der Waals surface area (Å²) in [5.41, 5.74) is 7.14. The lowest BCUT2D eigenvalue weighted by Crippen LogP contribution is -2.28. The minimum Gasteiger partial charge on any atom is -0.459 e. The molecule has 0 aliphatic heterocycles. The summed E-state index contributed by atoms with van der Waals surface area (Å²) in [5.74, 6) is 0.808. The molecule has 0 radical (unpaired) electrons. The van der Waals surface area contributed by atoms with Crippen molar-refractivity contribution in [1.29, 1.82) is 0 Å². The van der Waals surface area contributed by atoms with Crippen LogP contribution in [-0.4, -0.2) is 12.7 Å². The third kappa shape index (κ3) is 2.74. The minimum absolute atomic E-state index is 0.0283. The lowest BCUT2D eigenvalue weighted by molar-refractivity contribution is 0.0329. The van der Waals surface area contributed by atoms with Crippen LogP contribution < -0.4 is 5.73 Å². The monoisotopic (exact) mass is 247 g/mol. The van der Waals surface area contributed by atoms with Gasteiger partial charge in [-0.1, -0.05) is 31.5 Å². The number of nitrogens with two attached hydrogens (primary N) is 1. The van der Waals surface area contributed by atoms with Crippen LogP contribution in [0.3, 0.4) is 0 Å². The fourth-order valence-electron chi connectivity index (χ4n) is 2.22. The number of ether oxygens (including phenoxy) is 1. The zero-order valence-corrected chi connectivity index (χ0v) is 11.1. The van der Waals surface area contributed by atoms with E-state index in [2.05, 4.69) is 6.92 Å². The van der Waals surface area contributed by atoms with E-state index in [1.165, 1.54) is 0 Å². The predicted molar refractivity (Wildman–Crippen MR) is 73.5 cm³/mol. The molecule has 1 aromatic carbocycles. The molecule has 2 atom stereocenters. The van der Waals surface area contributed by atoms with Crippen LogP contribution in [0, 0.1) is 0 Å². The zero-order chi connectivity index (χ0) is 13.0. The summed E-state index contributed by atoms with van der Waals surface area (Å²) in [7, 11) is 0. The molecule has 0 saturated heterocycles. The van der Waals surface area contributed by atoms with E-state index in [-0.39, 0.29) is 12.1 Å². The second kappa shape index (κ2) is 6.03. The van der Waals surface area contributed by atoms with E-state index in [0.29, 0.717) is 6.61 Å². The van der Waals surface area contributed by atoms with Crippen molar-refractivity contribution in [2.24, 2.45) is 5.73 Å². The Morgan fingerprint density at radius 2 is 2.06 bits per heavy atom. The molecule has 2 rings (SSSR count). The third-order valence-corrected chi connectivity index (χ3v) is 3.13. The van der Waals surface area contributed by atoms with Crippen molar-refractivity contribution in [3.05, 3.63) is 36.1 Å². The zero-order valence-electron chi connectivity index (χ0n) is 11.1. The first kappa shape index (κ1) is 13.1. The highest BCUT2D eigenvalue weighted by Gasteiger charge is 2.22. The van der Waals surface area contributed by atoms with Crippen molar-refractivity contribution in [2.45, 2.75) is 38.8 Å². The number of furan rings is 1. The lowest BCUT2D eigenvalue weighted by Gasteiger charge is -2.21. The van der Waals surface area contributed by atoms with Gasteiger partial charge in [0.1, 0.15) is 11.3 Å². The summed E-state index contributed by atoms with van der Waals surface area (Å²) in [4.78, 5) is 0. The van der Waals surface area contributed by atoms with Gasteiger partial charge in [0.05, 0.1) is 12.1 Å². The molecule has 1 heterocycles. The molecular formula is C15H21NO2. The summed E-state index contributed by atoms with van der Waals surface area (Å²) in [6.45, 7) is 4.81. The highest BCUT2D eigenvalue weighted by Crippen LogP contribution is 2.26. The van der Waals surface area contributed by atoms with Crippen LogP contribution in [0.15, 0.2) is 34.7 Å². The normalized spacial score (nSPS) is 14.8. The van der Waals surface area contributed by atoms with Crippen LogP contribution >= 0.6 is 0 Å². The third-order valence-electron chi connectivity index (χ3n) is 3.13. The van der Waals surface area contributed by atoms with E-state index in [1.807, 2.05) is 37.3 Å². The average molecular weight is 247 g/mol. The maximum atomic E-state index is 6.26. The lowest BCUT2D eigenvalue weighted by atomic mass is 10.0. The maximum Gasteiger partial charge on any atom is 0.134 e. The van der Waals surface area contributed by atoms with Gasteiger partial charge in [0, 0.05) is 12.0 Å². The molecule has 0 amide bonds. The summed E-state index contributed by atoms with van der Waals surface area (Å²) in [6.07, 6.45) is 2.03. The van der Waals surface area contributed by atoms with Crippen molar-refractivity contribution in [2.75, 3.05) is 6.61 Å². The Morgan fingerprint density at radius 1 is 1.28 bits per heavy atom. The summed E-state index contributed by atoms with van der Waals surface area (Å²) < 4.78 is 11.5. The molecule has 0 spiro atoms. The first-order valence-electron chi connectivity index (χ1n) is 6.62. The van der Waals surface area contributed by atoms with Crippen LogP contribution in [0.5, 0.6) is 0 Å². The SMILES string of the molecule is CCCC(OCC)C(N)c1cc2ccccc2o1. The highest BCUT2D eigenvalue weighted by molar-refractivity contribution is 5.77. The average Bonchev–Trinajstić information content (AvgIpc) is 2.81. The molecule has 18 heavy (non-hydrogen) atoms. The van der Waals surface area contributed by atoms with Gasteiger partial charge in [-0.2, -0.15) is 0 Å². The van der Waals surface area contributed by atoms with E-state index in [9.17, 15) is 0 Å². The van der Waals surface area contributed by atoms with Crippen molar-refractivity contribution in [1.82, 2.24) is 0 Å².